The van der Waals surface area contributed by atoms with Crippen LogP contribution in [0.25, 0.3) is 0 Å². The average molecular weight is 565 g/mol. The number of carbonyl (C=O) groups is 4. The monoisotopic (exact) mass is 564 g/mol. The number of imide groups is 2. The molecule has 4 rings (SSSR count). The molecule has 18 heteroatoms. The van der Waals surface area contributed by atoms with Crippen LogP contribution < -0.4 is 9.44 Å². The number of piperazine rings is 2. The summed E-state index contributed by atoms with van der Waals surface area (Å²) in [7, 11) is -6.62. The van der Waals surface area contributed by atoms with Gasteiger partial charge in [-0.1, -0.05) is 0 Å². The lowest BCUT2D eigenvalue weighted by Crippen LogP contribution is -2.63. The van der Waals surface area contributed by atoms with Crippen molar-refractivity contribution in [1.82, 2.24) is 38.8 Å². The zero-order valence-electron chi connectivity index (χ0n) is 20.5. The van der Waals surface area contributed by atoms with Crippen LogP contribution in [0.1, 0.15) is 6.92 Å². The molecule has 1 unspecified atom stereocenters. The van der Waals surface area contributed by atoms with E-state index in [-0.39, 0.29) is 83.5 Å². The lowest BCUT2D eigenvalue weighted by Gasteiger charge is -2.41. The van der Waals surface area contributed by atoms with E-state index in [1.165, 1.54) is 0 Å². The maximum absolute atomic E-state index is 12.7. The van der Waals surface area contributed by atoms with Gasteiger partial charge < -0.3 is 0 Å². The van der Waals surface area contributed by atoms with Crippen molar-refractivity contribution >= 4 is 43.7 Å². The number of sulfonamides is 2. The Morgan fingerprint density at radius 3 is 1.46 bits per heavy atom. The zero-order valence-corrected chi connectivity index (χ0v) is 22.2. The molecule has 208 valence electrons. The highest BCUT2D eigenvalue weighted by atomic mass is 32.2. The highest BCUT2D eigenvalue weighted by Gasteiger charge is 2.38. The van der Waals surface area contributed by atoms with Gasteiger partial charge in [0.1, 0.15) is 0 Å². The molecule has 0 saturated carbocycles. The molecule has 37 heavy (non-hydrogen) atoms. The molecule has 4 aliphatic rings. The van der Waals surface area contributed by atoms with Gasteiger partial charge in [-0.25, -0.2) is 26.3 Å². The molecule has 4 saturated heterocycles. The molecule has 0 aromatic rings. The maximum atomic E-state index is 12.7. The van der Waals surface area contributed by atoms with E-state index in [2.05, 4.69) is 9.44 Å². The first kappa shape index (κ1) is 28.0. The molecule has 0 radical (unpaired) electrons. The first-order chi connectivity index (χ1) is 17.3. The average Bonchev–Trinajstić information content (AvgIpc) is 2.80. The van der Waals surface area contributed by atoms with Crippen molar-refractivity contribution in [3.63, 3.8) is 0 Å². The van der Waals surface area contributed by atoms with Gasteiger partial charge in [-0.15, -0.1) is 0 Å². The summed E-state index contributed by atoms with van der Waals surface area (Å²) in [5, 5.41) is 0. The van der Waals surface area contributed by atoms with E-state index in [1.807, 2.05) is 6.92 Å². The van der Waals surface area contributed by atoms with Gasteiger partial charge in [0, 0.05) is 25.7 Å². The molecule has 2 N–H and O–H groups in total. The van der Waals surface area contributed by atoms with E-state index < -0.39 is 43.7 Å². The lowest BCUT2D eigenvalue weighted by atomic mass is 10.2. The van der Waals surface area contributed by atoms with Gasteiger partial charge in [-0.2, -0.15) is 0 Å². The van der Waals surface area contributed by atoms with Gasteiger partial charge >= 0.3 is 0 Å². The molecule has 4 fully saturated rings. The Morgan fingerprint density at radius 2 is 1.08 bits per heavy atom. The predicted octanol–water partition coefficient (Wildman–Crippen LogP) is -4.98. The molecule has 4 amide bonds. The van der Waals surface area contributed by atoms with E-state index in [4.69, 9.17) is 0 Å². The molecule has 0 bridgehead atoms. The molecule has 4 heterocycles. The molecular formula is C19H32N8O8S2. The second-order valence-electron chi connectivity index (χ2n) is 9.67. The van der Waals surface area contributed by atoms with Crippen molar-refractivity contribution in [1.29, 1.82) is 0 Å². The van der Waals surface area contributed by atoms with Gasteiger partial charge in [0.25, 0.3) is 0 Å². The Morgan fingerprint density at radius 1 is 0.676 bits per heavy atom. The van der Waals surface area contributed by atoms with Crippen molar-refractivity contribution in [3.8, 4) is 0 Å². The fourth-order valence-electron chi connectivity index (χ4n) is 4.53. The third-order valence-corrected chi connectivity index (χ3v) is 9.37. The SMILES string of the molecule is CC(CN1CC(=O)N(CN2CCS(=O)(=O)NC2)C(=O)C1)N1CC(=O)N(CN2CCS(=O)(=O)NC2)C(=O)C1. The summed E-state index contributed by atoms with van der Waals surface area (Å²) in [4.78, 5) is 59.7. The standard InChI is InChI=1S/C19H32N8O8S2/c1-15(25-9-18(30)27(19(31)10-25)14-23-3-5-37(34,35)21-12-23)6-24-7-16(28)26(17(29)8-24)13-22-2-4-36(32,33)20-11-22/h15,20-21H,2-14H2,1H3. The first-order valence-electron chi connectivity index (χ1n) is 11.8. The highest BCUT2D eigenvalue weighted by molar-refractivity contribution is 7.89. The lowest BCUT2D eigenvalue weighted by molar-refractivity contribution is -0.158. The molecule has 0 aromatic heterocycles. The summed E-state index contributed by atoms with van der Waals surface area (Å²) >= 11 is 0. The van der Waals surface area contributed by atoms with E-state index in [0.29, 0.717) is 6.54 Å². The summed E-state index contributed by atoms with van der Waals surface area (Å²) in [6, 6.07) is -0.291. The highest BCUT2D eigenvalue weighted by Crippen LogP contribution is 2.14. The van der Waals surface area contributed by atoms with Crippen LogP contribution in [-0.2, 0) is 39.2 Å². The Kier molecular flexibility index (Phi) is 8.29. The third-order valence-electron chi connectivity index (χ3n) is 6.80. The van der Waals surface area contributed by atoms with Crippen molar-refractivity contribution in [2.24, 2.45) is 0 Å². The summed E-state index contributed by atoms with van der Waals surface area (Å²) in [5.74, 6) is -1.80. The second kappa shape index (κ2) is 11.0. The molecule has 0 spiro atoms. The fraction of sp³-hybridized carbons (Fsp3) is 0.789. The number of rotatable bonds is 7. The van der Waals surface area contributed by atoms with Crippen LogP contribution >= 0.6 is 0 Å². The van der Waals surface area contributed by atoms with E-state index in [0.717, 1.165) is 9.80 Å². The number of carbonyl (C=O) groups excluding carboxylic acids is 4. The van der Waals surface area contributed by atoms with Crippen molar-refractivity contribution < 1.29 is 36.0 Å². The second-order valence-corrected chi connectivity index (χ2v) is 13.5. The first-order valence-corrected chi connectivity index (χ1v) is 15.1. The normalized spacial score (nSPS) is 27.6. The third kappa shape index (κ3) is 7.08. The maximum Gasteiger partial charge on any atom is 0.244 e. The summed E-state index contributed by atoms with van der Waals surface area (Å²) in [6.07, 6.45) is 0. The van der Waals surface area contributed by atoms with E-state index >= 15 is 0 Å². The Bertz CT molecular complexity index is 1100. The Balaban J connectivity index is 1.25. The quantitative estimate of drug-likeness (QED) is 0.282. The number of nitrogens with zero attached hydrogens (tertiary/aromatic N) is 6. The van der Waals surface area contributed by atoms with Crippen LogP contribution in [0.5, 0.6) is 0 Å². The van der Waals surface area contributed by atoms with Gasteiger partial charge in [-0.05, 0) is 6.92 Å². The largest absolute Gasteiger partial charge is 0.284 e. The van der Waals surface area contributed by atoms with Crippen LogP contribution in [0, 0.1) is 0 Å². The minimum atomic E-state index is -3.31. The molecular weight excluding hydrogens is 532 g/mol. The van der Waals surface area contributed by atoms with Crippen LogP contribution in [0.15, 0.2) is 0 Å². The van der Waals surface area contributed by atoms with Crippen molar-refractivity contribution in [3.05, 3.63) is 0 Å². The molecule has 0 aromatic carbocycles. The minimum absolute atomic E-state index is 0.00579. The van der Waals surface area contributed by atoms with Crippen molar-refractivity contribution in [2.75, 3.05) is 84.0 Å². The van der Waals surface area contributed by atoms with Gasteiger partial charge in [0.05, 0.1) is 64.4 Å². The van der Waals surface area contributed by atoms with Gasteiger partial charge in [0.15, 0.2) is 0 Å². The Hall–Kier alpha value is -2.06. The number of nitrogens with one attached hydrogen (secondary N) is 2. The zero-order chi connectivity index (χ0) is 27.0. The van der Waals surface area contributed by atoms with Crippen molar-refractivity contribution in [2.45, 2.75) is 13.0 Å². The van der Waals surface area contributed by atoms with E-state index in [1.54, 1.807) is 19.6 Å². The molecule has 0 aliphatic carbocycles. The Labute approximate surface area is 215 Å². The van der Waals surface area contributed by atoms with Crippen LogP contribution in [0.2, 0.25) is 0 Å². The smallest absolute Gasteiger partial charge is 0.244 e. The topological polar surface area (TPSA) is 180 Å². The van der Waals surface area contributed by atoms with Gasteiger partial charge in [0.2, 0.25) is 43.7 Å². The van der Waals surface area contributed by atoms with Gasteiger partial charge in [-0.3, -0.25) is 48.6 Å². The number of hydrogen-bond acceptors (Lipinski definition) is 12. The molecule has 1 atom stereocenters. The fourth-order valence-corrected chi connectivity index (χ4v) is 6.57. The minimum Gasteiger partial charge on any atom is -0.284 e. The predicted molar refractivity (Wildman–Crippen MR) is 128 cm³/mol. The number of amides is 4. The van der Waals surface area contributed by atoms with Crippen LogP contribution in [0.3, 0.4) is 0 Å². The van der Waals surface area contributed by atoms with E-state index in [9.17, 15) is 36.0 Å². The van der Waals surface area contributed by atoms with Crippen LogP contribution in [0.4, 0.5) is 0 Å². The number of hydrogen-bond donors (Lipinski definition) is 2. The van der Waals surface area contributed by atoms with Crippen LogP contribution in [-0.4, -0.2) is 160 Å². The summed E-state index contributed by atoms with van der Waals surface area (Å²) < 4.78 is 50.8. The molecule has 16 nitrogen and oxygen atoms in total. The molecule has 4 aliphatic heterocycles. The summed E-state index contributed by atoms with van der Waals surface area (Å²) in [5.41, 5.74) is 0. The summed E-state index contributed by atoms with van der Waals surface area (Å²) in [6.45, 7) is 2.56.